The van der Waals surface area contributed by atoms with E-state index in [4.69, 9.17) is 0 Å². The van der Waals surface area contributed by atoms with Crippen LogP contribution in [0, 0.1) is 6.92 Å². The van der Waals surface area contributed by atoms with Crippen molar-refractivity contribution < 1.29 is 4.79 Å². The average Bonchev–Trinajstić information content (AvgIpc) is 2.79. The summed E-state index contributed by atoms with van der Waals surface area (Å²) in [4.78, 5) is 15.3. The Morgan fingerprint density at radius 2 is 1.96 bits per heavy atom. The first-order chi connectivity index (χ1) is 11.7. The molecule has 5 heteroatoms. The van der Waals surface area contributed by atoms with Gasteiger partial charge in [0.15, 0.2) is 0 Å². The number of hydrogen-bond donors (Lipinski definition) is 1. The molecule has 1 N–H and O–H groups in total. The van der Waals surface area contributed by atoms with E-state index in [9.17, 15) is 4.79 Å². The number of rotatable bonds is 4. The molecule has 1 aliphatic heterocycles. The number of aryl methyl sites for hydroxylation is 2. The number of aromatic nitrogens is 2. The fourth-order valence-corrected chi connectivity index (χ4v) is 4.31. The summed E-state index contributed by atoms with van der Waals surface area (Å²) < 4.78 is 1.80. The van der Waals surface area contributed by atoms with Gasteiger partial charge in [-0.15, -0.1) is 0 Å². The number of nitrogens with one attached hydrogen (secondary N) is 1. The normalized spacial score (nSPS) is 23.8. The number of amides is 1. The minimum atomic E-state index is 0.0326. The summed E-state index contributed by atoms with van der Waals surface area (Å²) in [6.07, 6.45) is 10.5. The number of nitrogens with zero attached hydrogens (tertiary/aromatic N) is 3. The molecular weight excluding hydrogens is 300 g/mol. The van der Waals surface area contributed by atoms with Gasteiger partial charge < -0.3 is 5.32 Å². The van der Waals surface area contributed by atoms with Gasteiger partial charge in [-0.2, -0.15) is 5.10 Å². The molecule has 1 aliphatic carbocycles. The summed E-state index contributed by atoms with van der Waals surface area (Å²) in [5, 5.41) is 7.65. The maximum atomic E-state index is 12.7. The lowest BCUT2D eigenvalue weighted by Crippen LogP contribution is -2.51. The van der Waals surface area contributed by atoms with E-state index in [0.717, 1.165) is 31.2 Å². The summed E-state index contributed by atoms with van der Waals surface area (Å²) in [6, 6.07) is 2.90. The first kappa shape index (κ1) is 17.5. The second-order valence-electron chi connectivity index (χ2n) is 7.44. The molecule has 3 rings (SSSR count). The van der Waals surface area contributed by atoms with Crippen LogP contribution in [-0.4, -0.2) is 45.8 Å². The van der Waals surface area contributed by atoms with Crippen LogP contribution in [0.15, 0.2) is 6.07 Å². The Kier molecular flexibility index (Phi) is 5.93. The lowest BCUT2D eigenvalue weighted by molar-refractivity contribution is 0.0850. The number of piperidine rings is 1. The molecule has 1 saturated heterocycles. The monoisotopic (exact) mass is 332 g/mol. The van der Waals surface area contributed by atoms with Crippen molar-refractivity contribution in [1.82, 2.24) is 20.0 Å². The number of carbonyl (C=O) groups excluding carboxylic acids is 1. The Balaban J connectivity index is 1.59. The molecule has 1 saturated carbocycles. The zero-order valence-electron chi connectivity index (χ0n) is 15.3. The lowest BCUT2D eigenvalue weighted by atomic mass is 10.00. The van der Waals surface area contributed by atoms with Crippen molar-refractivity contribution >= 4 is 5.91 Å². The summed E-state index contributed by atoms with van der Waals surface area (Å²) in [7, 11) is 0. The number of likely N-dealkylation sites (tertiary alicyclic amines) is 1. The van der Waals surface area contributed by atoms with Crippen LogP contribution in [0.25, 0.3) is 0 Å². The van der Waals surface area contributed by atoms with Crippen LogP contribution in [0.2, 0.25) is 0 Å². The fraction of sp³-hybridized carbons (Fsp3) is 0.789. The Bertz CT molecular complexity index is 546. The van der Waals surface area contributed by atoms with Crippen LogP contribution in [0.3, 0.4) is 0 Å². The second-order valence-corrected chi connectivity index (χ2v) is 7.44. The molecule has 1 atom stereocenters. The molecule has 0 aromatic carbocycles. The molecule has 1 aromatic heterocycles. The van der Waals surface area contributed by atoms with Crippen LogP contribution < -0.4 is 5.32 Å². The van der Waals surface area contributed by atoms with Crippen molar-refractivity contribution in [2.75, 3.05) is 13.1 Å². The molecule has 1 unspecified atom stereocenters. The molecule has 2 aliphatic rings. The molecule has 134 valence electrons. The van der Waals surface area contributed by atoms with Gasteiger partial charge in [0, 0.05) is 25.2 Å². The molecule has 0 spiro atoms. The summed E-state index contributed by atoms with van der Waals surface area (Å²) in [6.45, 7) is 6.91. The van der Waals surface area contributed by atoms with Gasteiger partial charge in [-0.25, -0.2) is 0 Å². The Morgan fingerprint density at radius 1 is 1.21 bits per heavy atom. The van der Waals surface area contributed by atoms with Crippen LogP contribution in [0.4, 0.5) is 0 Å². The SMILES string of the molecule is CCn1nc(C)cc1C(=O)NC1CCCN(C2CCCCCC2)C1. The van der Waals surface area contributed by atoms with Gasteiger partial charge >= 0.3 is 0 Å². The van der Waals surface area contributed by atoms with Crippen molar-refractivity contribution in [2.24, 2.45) is 0 Å². The van der Waals surface area contributed by atoms with Crippen LogP contribution in [0.1, 0.15) is 74.5 Å². The maximum absolute atomic E-state index is 12.7. The zero-order chi connectivity index (χ0) is 16.9. The Morgan fingerprint density at radius 3 is 2.67 bits per heavy atom. The molecule has 2 heterocycles. The van der Waals surface area contributed by atoms with Crippen LogP contribution >= 0.6 is 0 Å². The third-order valence-electron chi connectivity index (χ3n) is 5.56. The highest BCUT2D eigenvalue weighted by Crippen LogP contribution is 2.24. The molecule has 1 aromatic rings. The summed E-state index contributed by atoms with van der Waals surface area (Å²) >= 11 is 0. The Labute approximate surface area is 145 Å². The molecule has 1 amide bonds. The van der Waals surface area contributed by atoms with E-state index in [2.05, 4.69) is 15.3 Å². The van der Waals surface area contributed by atoms with E-state index in [0.29, 0.717) is 5.69 Å². The molecular formula is C19H32N4O. The predicted molar refractivity (Wildman–Crippen MR) is 96.2 cm³/mol. The first-order valence-electron chi connectivity index (χ1n) is 9.76. The van der Waals surface area contributed by atoms with Gasteiger partial charge in [0.1, 0.15) is 5.69 Å². The topological polar surface area (TPSA) is 50.2 Å². The number of carbonyl (C=O) groups is 1. The maximum Gasteiger partial charge on any atom is 0.269 e. The highest BCUT2D eigenvalue weighted by atomic mass is 16.2. The van der Waals surface area contributed by atoms with Crippen molar-refractivity contribution in [1.29, 1.82) is 0 Å². The van der Waals surface area contributed by atoms with Crippen LogP contribution in [0.5, 0.6) is 0 Å². The van der Waals surface area contributed by atoms with E-state index in [1.807, 2.05) is 19.9 Å². The van der Waals surface area contributed by atoms with Crippen LogP contribution in [-0.2, 0) is 6.54 Å². The Hall–Kier alpha value is -1.36. The first-order valence-corrected chi connectivity index (χ1v) is 9.76. The van der Waals surface area contributed by atoms with Gasteiger partial charge in [-0.1, -0.05) is 25.7 Å². The standard InChI is InChI=1S/C19H32N4O/c1-3-23-18(13-15(2)21-23)19(24)20-16-9-8-12-22(14-16)17-10-6-4-5-7-11-17/h13,16-17H,3-12,14H2,1-2H3,(H,20,24). The van der Waals surface area contributed by atoms with E-state index in [1.165, 1.54) is 51.5 Å². The second kappa shape index (κ2) is 8.15. The lowest BCUT2D eigenvalue weighted by Gasteiger charge is -2.38. The fourth-order valence-electron chi connectivity index (χ4n) is 4.31. The van der Waals surface area contributed by atoms with Gasteiger partial charge in [-0.05, 0) is 52.1 Å². The smallest absolute Gasteiger partial charge is 0.269 e. The van der Waals surface area contributed by atoms with Gasteiger partial charge in [0.2, 0.25) is 0 Å². The minimum absolute atomic E-state index is 0.0326. The van der Waals surface area contributed by atoms with Crippen molar-refractivity contribution in [3.05, 3.63) is 17.5 Å². The molecule has 2 fully saturated rings. The largest absolute Gasteiger partial charge is 0.347 e. The summed E-state index contributed by atoms with van der Waals surface area (Å²) in [5.41, 5.74) is 1.60. The van der Waals surface area contributed by atoms with Gasteiger partial charge in [0.25, 0.3) is 5.91 Å². The van der Waals surface area contributed by atoms with E-state index < -0.39 is 0 Å². The zero-order valence-corrected chi connectivity index (χ0v) is 15.3. The van der Waals surface area contributed by atoms with Gasteiger partial charge in [-0.3, -0.25) is 14.4 Å². The van der Waals surface area contributed by atoms with Crippen molar-refractivity contribution in [2.45, 2.75) is 83.8 Å². The predicted octanol–water partition coefficient (Wildman–Crippen LogP) is 3.13. The summed E-state index contributed by atoms with van der Waals surface area (Å²) in [5.74, 6) is 0.0326. The quantitative estimate of drug-likeness (QED) is 0.862. The van der Waals surface area contributed by atoms with Gasteiger partial charge in [0.05, 0.1) is 5.69 Å². The molecule has 5 nitrogen and oxygen atoms in total. The minimum Gasteiger partial charge on any atom is -0.347 e. The van der Waals surface area contributed by atoms with E-state index in [1.54, 1.807) is 4.68 Å². The number of hydrogen-bond acceptors (Lipinski definition) is 3. The third-order valence-corrected chi connectivity index (χ3v) is 5.56. The van der Waals surface area contributed by atoms with E-state index in [-0.39, 0.29) is 11.9 Å². The van der Waals surface area contributed by atoms with Crippen molar-refractivity contribution in [3.63, 3.8) is 0 Å². The van der Waals surface area contributed by atoms with Crippen molar-refractivity contribution in [3.8, 4) is 0 Å². The highest BCUT2D eigenvalue weighted by molar-refractivity contribution is 5.92. The highest BCUT2D eigenvalue weighted by Gasteiger charge is 2.28. The van der Waals surface area contributed by atoms with E-state index >= 15 is 0 Å². The molecule has 24 heavy (non-hydrogen) atoms. The average molecular weight is 332 g/mol. The molecule has 0 radical (unpaired) electrons. The third kappa shape index (κ3) is 4.18. The molecule has 0 bridgehead atoms.